The average molecular weight is 341 g/mol. The van der Waals surface area contributed by atoms with Crippen molar-refractivity contribution in [1.82, 2.24) is 9.80 Å². The second-order valence-electron chi connectivity index (χ2n) is 9.55. The normalized spacial score (nSPS) is 37.5. The van der Waals surface area contributed by atoms with Crippen molar-refractivity contribution < 1.29 is 10.2 Å². The summed E-state index contributed by atoms with van der Waals surface area (Å²) in [5.41, 5.74) is -1.50. The van der Waals surface area contributed by atoms with Crippen LogP contribution in [0.25, 0.3) is 0 Å². The van der Waals surface area contributed by atoms with Crippen LogP contribution in [0.3, 0.4) is 0 Å². The summed E-state index contributed by atoms with van der Waals surface area (Å²) in [5, 5.41) is 21.4. The lowest BCUT2D eigenvalue weighted by Gasteiger charge is -2.53. The highest BCUT2D eigenvalue weighted by molar-refractivity contribution is 5.02. The third-order valence-corrected chi connectivity index (χ3v) is 7.51. The Bertz CT molecular complexity index is 389. The highest BCUT2D eigenvalue weighted by atomic mass is 16.3. The maximum Gasteiger partial charge on any atom is 0.0797 e. The van der Waals surface area contributed by atoms with Crippen molar-refractivity contribution in [2.75, 3.05) is 26.2 Å². The van der Waals surface area contributed by atoms with E-state index in [0.29, 0.717) is 0 Å². The van der Waals surface area contributed by atoms with Crippen LogP contribution in [0, 0.1) is 0 Å². The number of nitrogens with zero attached hydrogens (tertiary/aromatic N) is 2. The summed E-state index contributed by atoms with van der Waals surface area (Å²) >= 11 is 0. The van der Waals surface area contributed by atoms with Crippen molar-refractivity contribution in [2.24, 2.45) is 0 Å². The smallest absolute Gasteiger partial charge is 0.0797 e. The lowest BCUT2D eigenvalue weighted by Crippen LogP contribution is -2.63. The van der Waals surface area contributed by atoms with Gasteiger partial charge in [0.05, 0.1) is 11.2 Å². The van der Waals surface area contributed by atoms with Crippen LogP contribution in [0.1, 0.15) is 80.1 Å². The Hall–Kier alpha value is -0.160. The molecule has 0 radical (unpaired) electrons. The van der Waals surface area contributed by atoms with E-state index in [1.54, 1.807) is 0 Å². The fraction of sp³-hybridized carbons (Fsp3) is 1.00. The molecule has 0 saturated carbocycles. The van der Waals surface area contributed by atoms with Gasteiger partial charge < -0.3 is 10.2 Å². The average Bonchev–Trinajstić information content (AvgIpc) is 2.44. The first kappa shape index (κ1) is 20.2. The molecule has 2 unspecified atom stereocenters. The van der Waals surface area contributed by atoms with Gasteiger partial charge in [0.1, 0.15) is 0 Å². The number of unbranched alkanes of at least 4 members (excludes halogenated alkanes) is 1. The van der Waals surface area contributed by atoms with Crippen molar-refractivity contribution >= 4 is 0 Å². The zero-order valence-corrected chi connectivity index (χ0v) is 16.9. The maximum atomic E-state index is 10.7. The Balaban J connectivity index is 1.83. The third kappa shape index (κ3) is 3.67. The molecule has 0 aromatic rings. The van der Waals surface area contributed by atoms with E-state index in [1.165, 1.54) is 0 Å². The molecule has 4 heteroatoms. The van der Waals surface area contributed by atoms with Crippen molar-refractivity contribution in [2.45, 2.75) is 102 Å². The molecule has 2 saturated heterocycles. The molecule has 2 rings (SSSR count). The quantitative estimate of drug-likeness (QED) is 0.755. The minimum Gasteiger partial charge on any atom is -0.388 e. The summed E-state index contributed by atoms with van der Waals surface area (Å²) in [5.74, 6) is 0. The predicted molar refractivity (Wildman–Crippen MR) is 100 cm³/mol. The summed E-state index contributed by atoms with van der Waals surface area (Å²) in [4.78, 5) is 4.93. The van der Waals surface area contributed by atoms with Gasteiger partial charge in [-0.2, -0.15) is 0 Å². The highest BCUT2D eigenvalue weighted by Crippen LogP contribution is 2.38. The third-order valence-electron chi connectivity index (χ3n) is 7.51. The number of likely N-dealkylation sites (tertiary alicyclic amines) is 2. The zero-order chi connectivity index (χ0) is 18.2. The molecule has 0 aromatic heterocycles. The molecule has 142 valence electrons. The standard InChI is InChI=1S/C20H40N2O2/c1-17(2)19(5,23)11-9-15-21(17)13-7-8-14-22-16-10-12-20(6,24)18(22,3)4/h23-24H,7-16H2,1-6H3. The molecular formula is C20H40N2O2. The Kier molecular flexibility index (Phi) is 5.76. The van der Waals surface area contributed by atoms with Crippen molar-refractivity contribution in [3.8, 4) is 0 Å². The molecule has 0 amide bonds. The maximum absolute atomic E-state index is 10.7. The Morgan fingerprint density at radius 1 is 0.667 bits per heavy atom. The molecule has 0 aliphatic carbocycles. The van der Waals surface area contributed by atoms with E-state index in [0.717, 1.165) is 64.7 Å². The molecule has 4 nitrogen and oxygen atoms in total. The monoisotopic (exact) mass is 340 g/mol. The molecule has 2 N–H and O–H groups in total. The van der Waals surface area contributed by atoms with E-state index in [4.69, 9.17) is 0 Å². The van der Waals surface area contributed by atoms with Crippen LogP contribution >= 0.6 is 0 Å². The van der Waals surface area contributed by atoms with E-state index in [2.05, 4.69) is 37.5 Å². The van der Waals surface area contributed by atoms with E-state index >= 15 is 0 Å². The summed E-state index contributed by atoms with van der Waals surface area (Å²) < 4.78 is 0. The second kappa shape index (κ2) is 6.86. The highest BCUT2D eigenvalue weighted by Gasteiger charge is 2.47. The topological polar surface area (TPSA) is 46.9 Å². The van der Waals surface area contributed by atoms with Gasteiger partial charge in [-0.3, -0.25) is 9.80 Å². The fourth-order valence-electron chi connectivity index (χ4n) is 4.47. The van der Waals surface area contributed by atoms with Crippen LogP contribution in [0.15, 0.2) is 0 Å². The molecule has 0 bridgehead atoms. The molecule has 24 heavy (non-hydrogen) atoms. The van der Waals surface area contributed by atoms with Crippen LogP contribution in [-0.4, -0.2) is 68.5 Å². The summed E-state index contributed by atoms with van der Waals surface area (Å²) in [6, 6.07) is 0. The Morgan fingerprint density at radius 2 is 1.00 bits per heavy atom. The van der Waals surface area contributed by atoms with Crippen LogP contribution in [0.4, 0.5) is 0 Å². The molecule has 2 fully saturated rings. The van der Waals surface area contributed by atoms with Crippen LogP contribution in [-0.2, 0) is 0 Å². The minimum atomic E-state index is -0.598. The van der Waals surface area contributed by atoms with Crippen LogP contribution in [0.2, 0.25) is 0 Å². The minimum absolute atomic E-state index is 0.153. The molecular weight excluding hydrogens is 300 g/mol. The molecule has 2 heterocycles. The second-order valence-corrected chi connectivity index (χ2v) is 9.55. The molecule has 0 spiro atoms. The SMILES string of the molecule is CC1(O)CCCN(CCCCN2CCCC(C)(O)C2(C)C)C1(C)C. The summed E-state index contributed by atoms with van der Waals surface area (Å²) in [6.45, 7) is 17.0. The van der Waals surface area contributed by atoms with Crippen molar-refractivity contribution in [3.63, 3.8) is 0 Å². The van der Waals surface area contributed by atoms with Gasteiger partial charge in [-0.1, -0.05) is 0 Å². The van der Waals surface area contributed by atoms with Gasteiger partial charge in [-0.05, 0) is 106 Å². The number of piperidine rings is 2. The van der Waals surface area contributed by atoms with Gasteiger partial charge in [-0.25, -0.2) is 0 Å². The zero-order valence-electron chi connectivity index (χ0n) is 16.9. The van der Waals surface area contributed by atoms with Gasteiger partial charge >= 0.3 is 0 Å². The Labute approximate surface area is 149 Å². The van der Waals surface area contributed by atoms with Crippen LogP contribution in [0.5, 0.6) is 0 Å². The van der Waals surface area contributed by atoms with Crippen LogP contribution < -0.4 is 0 Å². The van der Waals surface area contributed by atoms with Gasteiger partial charge in [0, 0.05) is 11.1 Å². The molecule has 0 aromatic carbocycles. The summed E-state index contributed by atoms with van der Waals surface area (Å²) in [7, 11) is 0. The predicted octanol–water partition coefficient (Wildman–Crippen LogP) is 3.02. The van der Waals surface area contributed by atoms with Gasteiger partial charge in [0.25, 0.3) is 0 Å². The number of hydrogen-bond donors (Lipinski definition) is 2. The largest absolute Gasteiger partial charge is 0.388 e. The first-order valence-electron chi connectivity index (χ1n) is 9.87. The van der Waals surface area contributed by atoms with Gasteiger partial charge in [0.2, 0.25) is 0 Å². The first-order valence-corrected chi connectivity index (χ1v) is 9.87. The van der Waals surface area contributed by atoms with Gasteiger partial charge in [0.15, 0.2) is 0 Å². The summed E-state index contributed by atoms with van der Waals surface area (Å²) in [6.07, 6.45) is 6.25. The van der Waals surface area contributed by atoms with E-state index in [9.17, 15) is 10.2 Å². The first-order chi connectivity index (χ1) is 10.9. The number of aliphatic hydroxyl groups is 2. The lowest BCUT2D eigenvalue weighted by molar-refractivity contribution is -0.121. The fourth-order valence-corrected chi connectivity index (χ4v) is 4.47. The Morgan fingerprint density at radius 3 is 1.33 bits per heavy atom. The van der Waals surface area contributed by atoms with E-state index in [1.807, 2.05) is 13.8 Å². The molecule has 2 atom stereocenters. The van der Waals surface area contributed by atoms with E-state index in [-0.39, 0.29) is 11.1 Å². The van der Waals surface area contributed by atoms with Crippen molar-refractivity contribution in [1.29, 1.82) is 0 Å². The number of hydrogen-bond acceptors (Lipinski definition) is 4. The van der Waals surface area contributed by atoms with E-state index < -0.39 is 11.2 Å². The van der Waals surface area contributed by atoms with Gasteiger partial charge in [-0.15, -0.1) is 0 Å². The lowest BCUT2D eigenvalue weighted by atomic mass is 9.76. The molecule has 2 aliphatic rings. The number of rotatable bonds is 5. The molecule has 2 aliphatic heterocycles. The van der Waals surface area contributed by atoms with Crippen molar-refractivity contribution in [3.05, 3.63) is 0 Å².